The molecule has 2 aromatic rings. The highest BCUT2D eigenvalue weighted by atomic mass is 32.2. The smallest absolute Gasteiger partial charge is 0.239 e. The number of para-hydroxylation sites is 1. The van der Waals surface area contributed by atoms with Crippen LogP contribution < -0.4 is 15.8 Å². The fraction of sp³-hybridized carbons (Fsp3) is 0.176. The molecule has 130 valence electrons. The minimum absolute atomic E-state index is 0.0562. The van der Waals surface area contributed by atoms with E-state index in [0.717, 1.165) is 5.56 Å². The van der Waals surface area contributed by atoms with Crippen LogP contribution in [-0.2, 0) is 21.2 Å². The van der Waals surface area contributed by atoms with E-state index < -0.39 is 10.0 Å². The Morgan fingerprint density at radius 2 is 1.80 bits per heavy atom. The van der Waals surface area contributed by atoms with Gasteiger partial charge in [-0.2, -0.15) is 5.26 Å². The molecular weight excluding hydrogens is 340 g/mol. The van der Waals surface area contributed by atoms with Crippen molar-refractivity contribution in [3.63, 3.8) is 0 Å². The normalized spacial score (nSPS) is 10.7. The Bertz CT molecular complexity index is 887. The first-order chi connectivity index (χ1) is 11.9. The fourth-order valence-corrected chi connectivity index (χ4v) is 2.68. The number of nitrogens with zero attached hydrogens (tertiary/aromatic N) is 1. The molecule has 4 N–H and O–H groups in total. The van der Waals surface area contributed by atoms with Crippen LogP contribution in [0.3, 0.4) is 0 Å². The van der Waals surface area contributed by atoms with E-state index in [0.29, 0.717) is 24.2 Å². The zero-order valence-corrected chi connectivity index (χ0v) is 14.2. The van der Waals surface area contributed by atoms with Gasteiger partial charge in [0, 0.05) is 6.54 Å². The number of amides is 1. The molecule has 0 aromatic heterocycles. The van der Waals surface area contributed by atoms with Gasteiger partial charge in [-0.3, -0.25) is 4.79 Å². The van der Waals surface area contributed by atoms with E-state index in [1.807, 2.05) is 0 Å². The first kappa shape index (κ1) is 18.4. The van der Waals surface area contributed by atoms with Crippen molar-refractivity contribution >= 4 is 21.6 Å². The van der Waals surface area contributed by atoms with Gasteiger partial charge in [-0.1, -0.05) is 24.3 Å². The van der Waals surface area contributed by atoms with Crippen molar-refractivity contribution < 1.29 is 13.2 Å². The lowest BCUT2D eigenvalue weighted by atomic mass is 10.1. The van der Waals surface area contributed by atoms with Crippen LogP contribution in [-0.4, -0.2) is 27.4 Å². The van der Waals surface area contributed by atoms with Gasteiger partial charge in [0.25, 0.3) is 0 Å². The zero-order valence-electron chi connectivity index (χ0n) is 13.4. The summed E-state index contributed by atoms with van der Waals surface area (Å²) in [4.78, 5) is 11.9. The molecule has 0 saturated carbocycles. The Morgan fingerprint density at radius 3 is 2.44 bits per heavy atom. The molecule has 0 atom stereocenters. The van der Waals surface area contributed by atoms with Gasteiger partial charge in [0.15, 0.2) is 0 Å². The largest absolute Gasteiger partial charge is 0.375 e. The summed E-state index contributed by atoms with van der Waals surface area (Å²) in [5.41, 5.74) is 1.97. The third kappa shape index (κ3) is 5.60. The van der Waals surface area contributed by atoms with Crippen molar-refractivity contribution in [2.24, 2.45) is 5.14 Å². The molecule has 0 aliphatic carbocycles. The predicted molar refractivity (Wildman–Crippen MR) is 94.2 cm³/mol. The summed E-state index contributed by atoms with van der Waals surface area (Å²) < 4.78 is 22.4. The molecule has 2 rings (SSSR count). The summed E-state index contributed by atoms with van der Waals surface area (Å²) in [7, 11) is -3.69. The van der Waals surface area contributed by atoms with Crippen molar-refractivity contribution in [1.29, 1.82) is 5.26 Å². The zero-order chi connectivity index (χ0) is 18.3. The Morgan fingerprint density at radius 1 is 1.12 bits per heavy atom. The minimum Gasteiger partial charge on any atom is -0.375 e. The van der Waals surface area contributed by atoms with Crippen LogP contribution in [0.5, 0.6) is 0 Å². The summed E-state index contributed by atoms with van der Waals surface area (Å²) in [5, 5.41) is 19.7. The molecule has 0 heterocycles. The third-order valence-electron chi connectivity index (χ3n) is 3.47. The Labute approximate surface area is 146 Å². The van der Waals surface area contributed by atoms with Crippen LogP contribution in [0.4, 0.5) is 5.69 Å². The van der Waals surface area contributed by atoms with Crippen LogP contribution >= 0.6 is 0 Å². The second-order valence-electron chi connectivity index (χ2n) is 5.30. The average molecular weight is 358 g/mol. The number of anilines is 1. The monoisotopic (exact) mass is 358 g/mol. The molecule has 0 spiro atoms. The number of carbonyl (C=O) groups excluding carboxylic acids is 1. The van der Waals surface area contributed by atoms with Gasteiger partial charge in [0.1, 0.15) is 6.07 Å². The van der Waals surface area contributed by atoms with Crippen molar-refractivity contribution in [1.82, 2.24) is 5.32 Å². The van der Waals surface area contributed by atoms with Gasteiger partial charge in [-0.25, -0.2) is 13.6 Å². The second-order valence-corrected chi connectivity index (χ2v) is 6.86. The third-order valence-corrected chi connectivity index (χ3v) is 4.40. The maximum Gasteiger partial charge on any atom is 0.239 e. The number of nitriles is 1. The molecule has 0 unspecified atom stereocenters. The van der Waals surface area contributed by atoms with E-state index in [4.69, 9.17) is 10.4 Å². The van der Waals surface area contributed by atoms with Gasteiger partial charge in [0.2, 0.25) is 15.9 Å². The number of hydrogen-bond acceptors (Lipinski definition) is 5. The van der Waals surface area contributed by atoms with Gasteiger partial charge in [0.05, 0.1) is 22.7 Å². The molecule has 2 aromatic carbocycles. The van der Waals surface area contributed by atoms with Crippen LogP contribution in [0.25, 0.3) is 0 Å². The number of benzene rings is 2. The predicted octanol–water partition coefficient (Wildman–Crippen LogP) is 0.976. The van der Waals surface area contributed by atoms with Crippen LogP contribution in [0, 0.1) is 11.3 Å². The van der Waals surface area contributed by atoms with Gasteiger partial charge >= 0.3 is 0 Å². The first-order valence-corrected chi connectivity index (χ1v) is 9.06. The van der Waals surface area contributed by atoms with E-state index in [1.165, 1.54) is 12.1 Å². The highest BCUT2D eigenvalue weighted by Gasteiger charge is 2.07. The van der Waals surface area contributed by atoms with E-state index in [1.54, 1.807) is 36.4 Å². The van der Waals surface area contributed by atoms with E-state index in [2.05, 4.69) is 16.7 Å². The SMILES string of the molecule is N#Cc1ccccc1NCC(=O)NCCc1ccc(S(N)(=O)=O)cc1. The molecule has 25 heavy (non-hydrogen) atoms. The number of primary sulfonamides is 1. The Kier molecular flexibility index (Phi) is 6.11. The molecular formula is C17H18N4O3S. The van der Waals surface area contributed by atoms with E-state index in [-0.39, 0.29) is 17.3 Å². The summed E-state index contributed by atoms with van der Waals surface area (Å²) in [5.74, 6) is -0.200. The van der Waals surface area contributed by atoms with Crippen LogP contribution in [0.1, 0.15) is 11.1 Å². The molecule has 0 radical (unpaired) electrons. The summed E-state index contributed by atoms with van der Waals surface area (Å²) >= 11 is 0. The van der Waals surface area contributed by atoms with E-state index >= 15 is 0 Å². The number of carbonyl (C=O) groups is 1. The van der Waals surface area contributed by atoms with Crippen molar-refractivity contribution in [3.05, 3.63) is 59.7 Å². The van der Waals surface area contributed by atoms with Gasteiger partial charge in [-0.05, 0) is 36.2 Å². The maximum atomic E-state index is 11.8. The quantitative estimate of drug-likeness (QED) is 0.680. The molecule has 0 saturated heterocycles. The summed E-state index contributed by atoms with van der Waals surface area (Å²) in [6.45, 7) is 0.470. The number of nitrogens with two attached hydrogens (primary N) is 1. The molecule has 1 amide bonds. The lowest BCUT2D eigenvalue weighted by molar-refractivity contribution is -0.119. The topological polar surface area (TPSA) is 125 Å². The summed E-state index contributed by atoms with van der Waals surface area (Å²) in [6, 6.07) is 15.2. The van der Waals surface area contributed by atoms with Crippen LogP contribution in [0.15, 0.2) is 53.4 Å². The van der Waals surface area contributed by atoms with Crippen LogP contribution in [0.2, 0.25) is 0 Å². The van der Waals surface area contributed by atoms with Gasteiger partial charge < -0.3 is 10.6 Å². The lowest BCUT2D eigenvalue weighted by Crippen LogP contribution is -2.31. The Hall–Kier alpha value is -2.89. The van der Waals surface area contributed by atoms with Crippen molar-refractivity contribution in [3.8, 4) is 6.07 Å². The Balaban J connectivity index is 1.78. The number of nitrogens with one attached hydrogen (secondary N) is 2. The summed E-state index contributed by atoms with van der Waals surface area (Å²) in [6.07, 6.45) is 0.561. The fourth-order valence-electron chi connectivity index (χ4n) is 2.16. The standard InChI is InChI=1S/C17H18N4O3S/c18-11-14-3-1-2-4-16(14)21-12-17(22)20-10-9-13-5-7-15(8-6-13)25(19,23)24/h1-8,21H,9-10,12H2,(H,20,22)(H2,19,23,24). The highest BCUT2D eigenvalue weighted by Crippen LogP contribution is 2.12. The number of sulfonamides is 1. The second kappa shape index (κ2) is 8.28. The molecule has 8 heteroatoms. The molecule has 0 bridgehead atoms. The number of rotatable bonds is 7. The molecule has 7 nitrogen and oxygen atoms in total. The van der Waals surface area contributed by atoms with Crippen molar-refractivity contribution in [2.75, 3.05) is 18.4 Å². The van der Waals surface area contributed by atoms with E-state index in [9.17, 15) is 13.2 Å². The van der Waals surface area contributed by atoms with Gasteiger partial charge in [-0.15, -0.1) is 0 Å². The van der Waals surface area contributed by atoms with Crippen molar-refractivity contribution in [2.45, 2.75) is 11.3 Å². The lowest BCUT2D eigenvalue weighted by Gasteiger charge is -2.09. The molecule has 0 fully saturated rings. The highest BCUT2D eigenvalue weighted by molar-refractivity contribution is 7.89. The maximum absolute atomic E-state index is 11.8. The minimum atomic E-state index is -3.69. The molecule has 0 aliphatic heterocycles. The average Bonchev–Trinajstić information content (AvgIpc) is 2.60. The first-order valence-electron chi connectivity index (χ1n) is 7.51. The number of hydrogen-bond donors (Lipinski definition) is 3. The molecule has 0 aliphatic rings.